The Morgan fingerprint density at radius 1 is 0.436 bits per heavy atom. The van der Waals surface area contributed by atoms with Crippen molar-refractivity contribution in [1.29, 1.82) is 0 Å². The number of fused-ring (bicyclic) bond motifs is 3. The Labute approximate surface area is 230 Å². The third-order valence-corrected chi connectivity index (χ3v) is 11.3. The molecule has 0 bridgehead atoms. The van der Waals surface area contributed by atoms with Crippen molar-refractivity contribution >= 4 is 18.4 Å². The Hall–Kier alpha value is -4.60. The monoisotopic (exact) mass is 516 g/mol. The molecule has 0 aliphatic carbocycles. The molecule has 7 rings (SSSR count). The van der Waals surface area contributed by atoms with Gasteiger partial charge in [-0.2, -0.15) is 0 Å². The summed E-state index contributed by atoms with van der Waals surface area (Å²) in [6.45, 7) is 4.85. The van der Waals surface area contributed by atoms with E-state index in [1.165, 1.54) is 27.1 Å². The maximum absolute atomic E-state index is 5.36. The third kappa shape index (κ3) is 4.03. The summed E-state index contributed by atoms with van der Waals surface area (Å²) in [7, 11) is -1.98. The molecule has 39 heavy (non-hydrogen) atoms. The maximum atomic E-state index is 5.36. The zero-order valence-electron chi connectivity index (χ0n) is 22.1. The van der Waals surface area contributed by atoms with Crippen LogP contribution in [0.15, 0.2) is 133 Å². The summed E-state index contributed by atoms with van der Waals surface area (Å²) in [4.78, 5) is 10.7. The molecule has 186 valence electrons. The number of benzene rings is 5. The minimum absolute atomic E-state index is 0.768. The van der Waals surface area contributed by atoms with Crippen LogP contribution < -0.4 is 10.4 Å². The van der Waals surface area contributed by atoms with Crippen LogP contribution >= 0.6 is 0 Å². The quantitative estimate of drug-likeness (QED) is 0.222. The molecule has 1 aromatic heterocycles. The Balaban J connectivity index is 1.52. The van der Waals surface area contributed by atoms with Gasteiger partial charge in [0.15, 0.2) is 5.82 Å². The summed E-state index contributed by atoms with van der Waals surface area (Å²) >= 11 is 0. The average Bonchev–Trinajstić information content (AvgIpc) is 3.24. The van der Waals surface area contributed by atoms with Crippen LogP contribution in [0.1, 0.15) is 0 Å². The van der Waals surface area contributed by atoms with Gasteiger partial charge < -0.3 is 0 Å². The zero-order valence-corrected chi connectivity index (χ0v) is 23.1. The summed E-state index contributed by atoms with van der Waals surface area (Å²) < 4.78 is 0. The van der Waals surface area contributed by atoms with Crippen LogP contribution in [-0.4, -0.2) is 18.0 Å². The molecule has 0 atom stereocenters. The van der Waals surface area contributed by atoms with E-state index >= 15 is 0 Å². The standard InChI is InChI=1S/C36H28N2Si/c1-39(2)32-21-13-12-20-31(32)34-35(39)33(27-18-10-5-11-19-27)37-36(38-34)30-23-28(25-14-6-3-7-15-25)22-29(24-30)26-16-8-4-9-17-26/h3-24H,1-2H3. The average molecular weight is 517 g/mol. The van der Waals surface area contributed by atoms with Gasteiger partial charge in [0.2, 0.25) is 0 Å². The number of nitrogens with zero attached hydrogens (tertiary/aromatic N) is 2. The molecule has 2 nitrogen and oxygen atoms in total. The smallest absolute Gasteiger partial charge is 0.160 e. The van der Waals surface area contributed by atoms with Crippen LogP contribution in [0, 0.1) is 0 Å². The van der Waals surface area contributed by atoms with Crippen LogP contribution in [0.5, 0.6) is 0 Å². The number of aromatic nitrogens is 2. The van der Waals surface area contributed by atoms with E-state index in [4.69, 9.17) is 9.97 Å². The Morgan fingerprint density at radius 2 is 0.897 bits per heavy atom. The molecule has 0 fully saturated rings. The first-order valence-electron chi connectivity index (χ1n) is 13.4. The van der Waals surface area contributed by atoms with E-state index in [0.29, 0.717) is 0 Å². The topological polar surface area (TPSA) is 25.8 Å². The molecule has 3 heteroatoms. The molecule has 0 amide bonds. The summed E-state index contributed by atoms with van der Waals surface area (Å²) in [5, 5.41) is 2.77. The van der Waals surface area contributed by atoms with Crippen LogP contribution in [0.4, 0.5) is 0 Å². The molecule has 0 saturated carbocycles. The van der Waals surface area contributed by atoms with Gasteiger partial charge in [0, 0.05) is 11.1 Å². The van der Waals surface area contributed by atoms with Crippen molar-refractivity contribution in [2.75, 3.05) is 0 Å². The van der Waals surface area contributed by atoms with Gasteiger partial charge in [-0.3, -0.25) is 0 Å². The fraction of sp³-hybridized carbons (Fsp3) is 0.0556. The van der Waals surface area contributed by atoms with Gasteiger partial charge in [0.05, 0.1) is 11.4 Å². The summed E-state index contributed by atoms with van der Waals surface area (Å²) in [5.41, 5.74) is 10.3. The van der Waals surface area contributed by atoms with Crippen molar-refractivity contribution < 1.29 is 0 Å². The van der Waals surface area contributed by atoms with Crippen molar-refractivity contribution in [3.63, 3.8) is 0 Å². The predicted molar refractivity (Wildman–Crippen MR) is 166 cm³/mol. The molecule has 0 N–H and O–H groups in total. The molecule has 2 heterocycles. The molecule has 0 saturated heterocycles. The van der Waals surface area contributed by atoms with E-state index < -0.39 is 8.07 Å². The first-order chi connectivity index (χ1) is 19.1. The fourth-order valence-corrected chi connectivity index (χ4v) is 9.13. The molecule has 0 spiro atoms. The van der Waals surface area contributed by atoms with Gasteiger partial charge in [-0.05, 0) is 56.4 Å². The van der Waals surface area contributed by atoms with Gasteiger partial charge >= 0.3 is 0 Å². The largest absolute Gasteiger partial charge is 0.228 e. The second-order valence-corrected chi connectivity index (χ2v) is 15.0. The highest BCUT2D eigenvalue weighted by molar-refractivity contribution is 7.04. The van der Waals surface area contributed by atoms with E-state index in [1.807, 2.05) is 0 Å². The van der Waals surface area contributed by atoms with E-state index in [1.54, 1.807) is 0 Å². The minimum Gasteiger partial charge on any atom is -0.228 e. The van der Waals surface area contributed by atoms with E-state index in [9.17, 15) is 0 Å². The zero-order chi connectivity index (χ0) is 26.4. The Morgan fingerprint density at radius 3 is 1.49 bits per heavy atom. The highest BCUT2D eigenvalue weighted by Crippen LogP contribution is 2.36. The van der Waals surface area contributed by atoms with E-state index in [-0.39, 0.29) is 0 Å². The SMILES string of the molecule is C[Si]1(C)c2ccccc2-c2nc(-c3cc(-c4ccccc4)cc(-c4ccccc4)c3)nc(-c3ccccc3)c21. The van der Waals surface area contributed by atoms with Crippen LogP contribution in [0.2, 0.25) is 13.1 Å². The maximum Gasteiger partial charge on any atom is 0.160 e. The van der Waals surface area contributed by atoms with Gasteiger partial charge in [0.25, 0.3) is 0 Å². The van der Waals surface area contributed by atoms with Crippen LogP contribution in [0.3, 0.4) is 0 Å². The molecule has 0 unspecified atom stereocenters. The Kier molecular flexibility index (Phi) is 5.61. The van der Waals surface area contributed by atoms with E-state index in [0.717, 1.165) is 39.5 Å². The van der Waals surface area contributed by atoms with Crippen LogP contribution in [-0.2, 0) is 0 Å². The van der Waals surface area contributed by atoms with Crippen molar-refractivity contribution in [2.24, 2.45) is 0 Å². The summed E-state index contributed by atoms with van der Waals surface area (Å²) in [6.07, 6.45) is 0. The van der Waals surface area contributed by atoms with Gasteiger partial charge in [-0.15, -0.1) is 0 Å². The lowest BCUT2D eigenvalue weighted by atomic mass is 9.95. The van der Waals surface area contributed by atoms with Crippen LogP contribution in [0.25, 0.3) is 56.2 Å². The second kappa shape index (κ2) is 9.30. The van der Waals surface area contributed by atoms with Crippen molar-refractivity contribution in [3.8, 4) is 56.2 Å². The van der Waals surface area contributed by atoms with Gasteiger partial charge in [0.1, 0.15) is 8.07 Å². The fourth-order valence-electron chi connectivity index (χ4n) is 5.90. The molecule has 1 aliphatic rings. The lowest BCUT2D eigenvalue weighted by molar-refractivity contribution is 1.20. The molecular weight excluding hydrogens is 488 g/mol. The molecule has 1 aliphatic heterocycles. The second-order valence-electron chi connectivity index (χ2n) is 10.7. The number of rotatable bonds is 4. The number of hydrogen-bond acceptors (Lipinski definition) is 2. The van der Waals surface area contributed by atoms with E-state index in [2.05, 4.69) is 147 Å². The third-order valence-electron chi connectivity index (χ3n) is 7.84. The molecule has 5 aromatic carbocycles. The van der Waals surface area contributed by atoms with Crippen molar-refractivity contribution in [2.45, 2.75) is 13.1 Å². The van der Waals surface area contributed by atoms with Gasteiger partial charge in [-0.1, -0.05) is 128 Å². The highest BCUT2D eigenvalue weighted by Gasteiger charge is 2.41. The summed E-state index contributed by atoms with van der Waals surface area (Å²) in [6, 6.07) is 47.3. The normalized spacial score (nSPS) is 13.1. The lowest BCUT2D eigenvalue weighted by Crippen LogP contribution is -2.50. The minimum atomic E-state index is -1.98. The predicted octanol–water partition coefficient (Wildman–Crippen LogP) is 7.95. The Bertz CT molecular complexity index is 1750. The van der Waals surface area contributed by atoms with Crippen molar-refractivity contribution in [1.82, 2.24) is 9.97 Å². The molecule has 0 radical (unpaired) electrons. The first-order valence-corrected chi connectivity index (χ1v) is 16.4. The van der Waals surface area contributed by atoms with Gasteiger partial charge in [-0.25, -0.2) is 9.97 Å². The van der Waals surface area contributed by atoms with Crippen molar-refractivity contribution in [3.05, 3.63) is 133 Å². The molecular formula is C36H28N2Si. The molecule has 6 aromatic rings. The number of hydrogen-bond donors (Lipinski definition) is 0. The summed E-state index contributed by atoms with van der Waals surface area (Å²) in [5.74, 6) is 0.768. The highest BCUT2D eigenvalue weighted by atomic mass is 28.3. The first kappa shape index (κ1) is 23.5. The lowest BCUT2D eigenvalue weighted by Gasteiger charge is -2.21.